The van der Waals surface area contributed by atoms with Crippen LogP contribution < -0.4 is 5.32 Å². The number of esters is 1. The lowest BCUT2D eigenvalue weighted by Gasteiger charge is -2.13. The molecule has 130 valence electrons. The highest BCUT2D eigenvalue weighted by Gasteiger charge is 2.21. The monoisotopic (exact) mass is 346 g/mol. The molecule has 0 radical (unpaired) electrons. The summed E-state index contributed by atoms with van der Waals surface area (Å²) in [6.45, 7) is 1.35. The van der Waals surface area contributed by atoms with Gasteiger partial charge >= 0.3 is 5.97 Å². The van der Waals surface area contributed by atoms with Gasteiger partial charge in [-0.3, -0.25) is 19.7 Å². The molecule has 0 saturated heterocycles. The van der Waals surface area contributed by atoms with Crippen molar-refractivity contribution in [3.63, 3.8) is 0 Å². The molecule has 2 aromatic rings. The summed E-state index contributed by atoms with van der Waals surface area (Å²) in [7, 11) is 0. The molecule has 0 unspecified atom stereocenters. The van der Waals surface area contributed by atoms with E-state index in [2.05, 4.69) is 5.32 Å². The SMILES string of the molecule is C[C@H](OC(=O)Cc1ccc(F)cc1)C(=O)Nc1ccccc1[N+](=O)[O-]. The van der Waals surface area contributed by atoms with Gasteiger partial charge in [0.15, 0.2) is 6.10 Å². The molecule has 0 aliphatic heterocycles. The van der Waals surface area contributed by atoms with Gasteiger partial charge in [-0.25, -0.2) is 4.39 Å². The van der Waals surface area contributed by atoms with E-state index >= 15 is 0 Å². The van der Waals surface area contributed by atoms with Gasteiger partial charge in [0.05, 0.1) is 11.3 Å². The summed E-state index contributed by atoms with van der Waals surface area (Å²) in [4.78, 5) is 34.2. The van der Waals surface area contributed by atoms with Crippen LogP contribution in [-0.4, -0.2) is 22.9 Å². The van der Waals surface area contributed by atoms with E-state index in [0.717, 1.165) is 0 Å². The fourth-order valence-corrected chi connectivity index (χ4v) is 2.03. The first-order chi connectivity index (χ1) is 11.9. The fourth-order valence-electron chi connectivity index (χ4n) is 2.03. The number of nitrogens with one attached hydrogen (secondary N) is 1. The summed E-state index contributed by atoms with van der Waals surface area (Å²) in [5.74, 6) is -1.78. The van der Waals surface area contributed by atoms with Gasteiger partial charge in [-0.05, 0) is 30.7 Å². The van der Waals surface area contributed by atoms with Gasteiger partial charge in [0.25, 0.3) is 11.6 Å². The second-order valence-electron chi connectivity index (χ2n) is 5.20. The maximum atomic E-state index is 12.8. The van der Waals surface area contributed by atoms with Gasteiger partial charge in [0, 0.05) is 6.07 Å². The Morgan fingerprint density at radius 1 is 1.20 bits per heavy atom. The van der Waals surface area contributed by atoms with E-state index in [1.165, 1.54) is 55.5 Å². The molecule has 1 atom stereocenters. The van der Waals surface area contributed by atoms with E-state index in [1.807, 2.05) is 0 Å². The third-order valence-electron chi connectivity index (χ3n) is 3.30. The standard InChI is InChI=1S/C17H15FN2O5/c1-11(25-16(21)10-12-6-8-13(18)9-7-12)17(22)19-14-4-2-3-5-15(14)20(23)24/h2-9,11H,10H2,1H3,(H,19,22)/t11-/m0/s1. The Balaban J connectivity index is 1.95. The molecule has 25 heavy (non-hydrogen) atoms. The average Bonchev–Trinajstić information content (AvgIpc) is 2.57. The second kappa shape index (κ2) is 8.00. The van der Waals surface area contributed by atoms with Crippen molar-refractivity contribution in [2.45, 2.75) is 19.4 Å². The molecule has 0 fully saturated rings. The van der Waals surface area contributed by atoms with E-state index in [9.17, 15) is 24.1 Å². The Hall–Kier alpha value is -3.29. The van der Waals surface area contributed by atoms with Gasteiger partial charge in [-0.2, -0.15) is 0 Å². The van der Waals surface area contributed by atoms with Crippen molar-refractivity contribution in [1.82, 2.24) is 0 Å². The molecule has 0 heterocycles. The molecule has 0 spiro atoms. The number of anilines is 1. The minimum absolute atomic E-state index is 0.0129. The Morgan fingerprint density at radius 3 is 2.48 bits per heavy atom. The number of benzene rings is 2. The molecule has 0 aliphatic rings. The third kappa shape index (κ3) is 5.10. The van der Waals surface area contributed by atoms with Gasteiger partial charge in [-0.1, -0.05) is 24.3 Å². The molecule has 2 aromatic carbocycles. The van der Waals surface area contributed by atoms with Gasteiger partial charge in [0.2, 0.25) is 0 Å². The van der Waals surface area contributed by atoms with E-state index in [1.54, 1.807) is 0 Å². The lowest BCUT2D eigenvalue weighted by molar-refractivity contribution is -0.383. The molecular formula is C17H15FN2O5. The number of halogens is 1. The van der Waals surface area contributed by atoms with Crippen LogP contribution in [0.25, 0.3) is 0 Å². The molecule has 0 saturated carbocycles. The molecule has 8 heteroatoms. The number of para-hydroxylation sites is 2. The zero-order valence-corrected chi connectivity index (χ0v) is 13.3. The van der Waals surface area contributed by atoms with E-state index in [0.29, 0.717) is 5.56 Å². The zero-order chi connectivity index (χ0) is 18.4. The van der Waals surface area contributed by atoms with Crippen LogP contribution in [0.15, 0.2) is 48.5 Å². The van der Waals surface area contributed by atoms with E-state index < -0.39 is 28.7 Å². The van der Waals surface area contributed by atoms with Crippen LogP contribution in [0.4, 0.5) is 15.8 Å². The number of hydrogen-bond donors (Lipinski definition) is 1. The quantitative estimate of drug-likeness (QED) is 0.493. The highest BCUT2D eigenvalue weighted by Crippen LogP contribution is 2.23. The summed E-state index contributed by atoms with van der Waals surface area (Å²) >= 11 is 0. The van der Waals surface area contributed by atoms with Crippen molar-refractivity contribution in [3.05, 3.63) is 70.0 Å². The topological polar surface area (TPSA) is 98.5 Å². The van der Waals surface area contributed by atoms with E-state index in [4.69, 9.17) is 4.74 Å². The Bertz CT molecular complexity index is 792. The van der Waals surface area contributed by atoms with Crippen molar-refractivity contribution in [2.24, 2.45) is 0 Å². The largest absolute Gasteiger partial charge is 0.452 e. The highest BCUT2D eigenvalue weighted by atomic mass is 19.1. The number of amides is 1. The first-order valence-electron chi connectivity index (χ1n) is 7.35. The van der Waals surface area contributed by atoms with E-state index in [-0.39, 0.29) is 17.8 Å². The maximum Gasteiger partial charge on any atom is 0.311 e. The summed E-state index contributed by atoms with van der Waals surface area (Å²) in [6.07, 6.45) is -1.27. The van der Waals surface area contributed by atoms with Crippen LogP contribution in [0.5, 0.6) is 0 Å². The Morgan fingerprint density at radius 2 is 1.84 bits per heavy atom. The minimum atomic E-state index is -1.15. The number of ether oxygens (including phenoxy) is 1. The number of carbonyl (C=O) groups is 2. The first kappa shape index (κ1) is 18.1. The molecular weight excluding hydrogens is 331 g/mol. The van der Waals surface area contributed by atoms with Gasteiger partial charge in [-0.15, -0.1) is 0 Å². The number of carbonyl (C=O) groups excluding carboxylic acids is 2. The Labute approximate surface area is 142 Å². The summed E-state index contributed by atoms with van der Waals surface area (Å²) in [6, 6.07) is 10.9. The smallest absolute Gasteiger partial charge is 0.311 e. The van der Waals surface area contributed by atoms with Crippen LogP contribution in [0, 0.1) is 15.9 Å². The van der Waals surface area contributed by atoms with Crippen LogP contribution >= 0.6 is 0 Å². The summed E-state index contributed by atoms with van der Waals surface area (Å²) < 4.78 is 17.8. The number of rotatable bonds is 6. The average molecular weight is 346 g/mol. The fraction of sp³-hybridized carbons (Fsp3) is 0.176. The van der Waals surface area contributed by atoms with Crippen LogP contribution in [0.2, 0.25) is 0 Å². The van der Waals surface area contributed by atoms with Crippen LogP contribution in [0.1, 0.15) is 12.5 Å². The molecule has 2 rings (SSSR count). The molecule has 1 amide bonds. The lowest BCUT2D eigenvalue weighted by Crippen LogP contribution is -2.30. The molecule has 0 bridgehead atoms. The second-order valence-corrected chi connectivity index (χ2v) is 5.20. The van der Waals surface area contributed by atoms with Crippen molar-refractivity contribution in [2.75, 3.05) is 5.32 Å². The van der Waals surface area contributed by atoms with Gasteiger partial charge < -0.3 is 10.1 Å². The van der Waals surface area contributed by atoms with Crippen LogP contribution in [-0.2, 0) is 20.7 Å². The molecule has 0 aliphatic carbocycles. The third-order valence-corrected chi connectivity index (χ3v) is 3.30. The lowest BCUT2D eigenvalue weighted by atomic mass is 10.1. The predicted molar refractivity (Wildman–Crippen MR) is 87.4 cm³/mol. The van der Waals surface area contributed by atoms with Crippen molar-refractivity contribution in [1.29, 1.82) is 0 Å². The Kier molecular flexibility index (Phi) is 5.78. The van der Waals surface area contributed by atoms with Gasteiger partial charge in [0.1, 0.15) is 11.5 Å². The van der Waals surface area contributed by atoms with Crippen LogP contribution in [0.3, 0.4) is 0 Å². The number of nitrogens with zero attached hydrogens (tertiary/aromatic N) is 1. The number of hydrogen-bond acceptors (Lipinski definition) is 5. The number of nitro groups is 1. The summed E-state index contributed by atoms with van der Waals surface area (Å²) in [5.41, 5.74) is 0.289. The first-order valence-corrected chi connectivity index (χ1v) is 7.35. The van der Waals surface area contributed by atoms with Crippen molar-refractivity contribution >= 4 is 23.3 Å². The molecule has 1 N–H and O–H groups in total. The normalized spacial score (nSPS) is 11.4. The zero-order valence-electron chi connectivity index (χ0n) is 13.3. The molecule has 7 nitrogen and oxygen atoms in total. The highest BCUT2D eigenvalue weighted by molar-refractivity contribution is 5.96. The van der Waals surface area contributed by atoms with Crippen molar-refractivity contribution < 1.29 is 23.6 Å². The number of nitro benzene ring substituents is 1. The maximum absolute atomic E-state index is 12.8. The molecule has 0 aromatic heterocycles. The predicted octanol–water partition coefficient (Wildman–Crippen LogP) is 2.85. The van der Waals surface area contributed by atoms with Crippen molar-refractivity contribution in [3.8, 4) is 0 Å². The minimum Gasteiger partial charge on any atom is -0.452 e. The summed E-state index contributed by atoms with van der Waals surface area (Å²) in [5, 5.41) is 13.3.